The Hall–Kier alpha value is -1.15. The third kappa shape index (κ3) is 1.25. The van der Waals surface area contributed by atoms with E-state index in [1.54, 1.807) is 6.20 Å². The molecular weight excluding hydrogens is 150 g/mol. The van der Waals surface area contributed by atoms with Gasteiger partial charge in [0.25, 0.3) is 0 Å². The van der Waals surface area contributed by atoms with Crippen molar-refractivity contribution >= 4 is 0 Å². The normalized spacial score (nSPS) is 22.4. The summed E-state index contributed by atoms with van der Waals surface area (Å²) in [5, 5.41) is 0. The molecule has 0 saturated carbocycles. The van der Waals surface area contributed by atoms with Crippen LogP contribution in [0, 0.1) is 0 Å². The zero-order valence-corrected chi connectivity index (χ0v) is 7.03. The lowest BCUT2D eigenvalue weighted by Crippen LogP contribution is -1.99. The van der Waals surface area contributed by atoms with Crippen LogP contribution in [0.25, 0.3) is 0 Å². The molecule has 1 aliphatic heterocycles. The first-order valence-corrected chi connectivity index (χ1v) is 4.06. The Bertz CT molecular complexity index is 292. The van der Waals surface area contributed by atoms with Gasteiger partial charge in [-0.25, -0.2) is 0 Å². The minimum absolute atomic E-state index is 0.138. The van der Waals surface area contributed by atoms with Gasteiger partial charge in [-0.1, -0.05) is 12.1 Å². The molecule has 0 spiro atoms. The summed E-state index contributed by atoms with van der Waals surface area (Å²) in [5.74, 6) is 0. The van der Waals surface area contributed by atoms with Gasteiger partial charge in [0.15, 0.2) is 0 Å². The summed E-state index contributed by atoms with van der Waals surface area (Å²) in [5.41, 5.74) is 2.42. The number of ether oxygens (including phenoxy) is 1. The van der Waals surface area contributed by atoms with Crippen LogP contribution in [0.5, 0.6) is 0 Å². The summed E-state index contributed by atoms with van der Waals surface area (Å²) in [7, 11) is 0. The van der Waals surface area contributed by atoms with E-state index in [1.165, 1.54) is 5.57 Å². The molecule has 0 fully saturated rings. The molecule has 2 rings (SSSR count). The second kappa shape index (κ2) is 3.07. The Morgan fingerprint density at radius 2 is 2.50 bits per heavy atom. The number of pyridine rings is 1. The van der Waals surface area contributed by atoms with Gasteiger partial charge in [0.05, 0.1) is 6.61 Å². The van der Waals surface area contributed by atoms with Crippen LogP contribution in [0.1, 0.15) is 18.6 Å². The summed E-state index contributed by atoms with van der Waals surface area (Å²) in [6, 6.07) is 3.98. The number of rotatable bonds is 1. The van der Waals surface area contributed by atoms with Gasteiger partial charge >= 0.3 is 0 Å². The van der Waals surface area contributed by atoms with Crippen LogP contribution in [-0.4, -0.2) is 11.6 Å². The van der Waals surface area contributed by atoms with Crippen LogP contribution in [0.15, 0.2) is 36.2 Å². The summed E-state index contributed by atoms with van der Waals surface area (Å²) < 4.78 is 5.52. The molecular formula is C10H11NO. The predicted octanol–water partition coefficient (Wildman–Crippen LogP) is 2.10. The number of hydrogen-bond donors (Lipinski definition) is 0. The second-order valence-corrected chi connectivity index (χ2v) is 2.95. The van der Waals surface area contributed by atoms with Crippen LogP contribution in [0.3, 0.4) is 0 Å². The largest absolute Gasteiger partial charge is 0.365 e. The molecule has 1 unspecified atom stereocenters. The van der Waals surface area contributed by atoms with E-state index < -0.39 is 0 Å². The number of aromatic nitrogens is 1. The molecule has 0 amide bonds. The van der Waals surface area contributed by atoms with Crippen molar-refractivity contribution in [2.24, 2.45) is 0 Å². The van der Waals surface area contributed by atoms with E-state index in [2.05, 4.69) is 18.0 Å². The molecule has 1 aliphatic rings. The summed E-state index contributed by atoms with van der Waals surface area (Å²) >= 11 is 0. The highest BCUT2D eigenvalue weighted by Gasteiger charge is 2.17. The minimum atomic E-state index is 0.138. The van der Waals surface area contributed by atoms with Crippen LogP contribution < -0.4 is 0 Å². The minimum Gasteiger partial charge on any atom is -0.365 e. The van der Waals surface area contributed by atoms with Gasteiger partial charge in [-0.3, -0.25) is 4.98 Å². The van der Waals surface area contributed by atoms with E-state index >= 15 is 0 Å². The van der Waals surface area contributed by atoms with Crippen molar-refractivity contribution in [1.29, 1.82) is 0 Å². The lowest BCUT2D eigenvalue weighted by molar-refractivity contribution is 0.123. The first-order valence-electron chi connectivity index (χ1n) is 4.06. The zero-order chi connectivity index (χ0) is 8.39. The lowest BCUT2D eigenvalue weighted by atomic mass is 10.1. The Labute approximate surface area is 71.9 Å². The molecule has 0 radical (unpaired) electrons. The van der Waals surface area contributed by atoms with Gasteiger partial charge in [0, 0.05) is 18.0 Å². The molecule has 1 atom stereocenters. The van der Waals surface area contributed by atoms with Crippen molar-refractivity contribution in [3.05, 3.63) is 41.7 Å². The van der Waals surface area contributed by atoms with Crippen molar-refractivity contribution in [2.75, 3.05) is 6.61 Å². The van der Waals surface area contributed by atoms with Crippen molar-refractivity contribution in [3.63, 3.8) is 0 Å². The molecule has 1 aromatic rings. The molecule has 0 bridgehead atoms. The van der Waals surface area contributed by atoms with Crippen LogP contribution in [0.4, 0.5) is 0 Å². The summed E-state index contributed by atoms with van der Waals surface area (Å²) in [6.45, 7) is 2.82. The maximum Gasteiger partial charge on any atom is 0.105 e. The maximum atomic E-state index is 5.52. The average Bonchev–Trinajstić information content (AvgIpc) is 2.53. The smallest absolute Gasteiger partial charge is 0.105 e. The third-order valence-corrected chi connectivity index (χ3v) is 2.07. The molecule has 2 heteroatoms. The van der Waals surface area contributed by atoms with Gasteiger partial charge in [0.2, 0.25) is 0 Å². The highest BCUT2D eigenvalue weighted by Crippen LogP contribution is 2.28. The highest BCUT2D eigenvalue weighted by atomic mass is 16.5. The fourth-order valence-corrected chi connectivity index (χ4v) is 1.40. The molecule has 0 aliphatic carbocycles. The van der Waals surface area contributed by atoms with Crippen LogP contribution >= 0.6 is 0 Å². The van der Waals surface area contributed by atoms with E-state index in [0.29, 0.717) is 0 Å². The summed E-state index contributed by atoms with van der Waals surface area (Å²) in [6.07, 6.45) is 5.88. The standard InChI is InChI=1S/C10H11NO/c1-8-4-6-12-10(8)9-3-2-5-11-7-9/h2-5,7,10H,6H2,1H3. The fourth-order valence-electron chi connectivity index (χ4n) is 1.40. The van der Waals surface area contributed by atoms with E-state index in [-0.39, 0.29) is 6.10 Å². The Kier molecular flexibility index (Phi) is 1.92. The van der Waals surface area contributed by atoms with E-state index in [9.17, 15) is 0 Å². The Morgan fingerprint density at radius 1 is 1.58 bits per heavy atom. The molecule has 2 heterocycles. The SMILES string of the molecule is CC1=CCOC1c1cccnc1. The lowest BCUT2D eigenvalue weighted by Gasteiger charge is -2.10. The third-order valence-electron chi connectivity index (χ3n) is 2.07. The Balaban J connectivity index is 2.27. The first kappa shape index (κ1) is 7.50. The molecule has 62 valence electrons. The van der Waals surface area contributed by atoms with Crippen molar-refractivity contribution in [3.8, 4) is 0 Å². The highest BCUT2D eigenvalue weighted by molar-refractivity contribution is 5.24. The van der Waals surface area contributed by atoms with Gasteiger partial charge in [-0.15, -0.1) is 0 Å². The van der Waals surface area contributed by atoms with Crippen molar-refractivity contribution in [1.82, 2.24) is 4.98 Å². The quantitative estimate of drug-likeness (QED) is 0.588. The van der Waals surface area contributed by atoms with Gasteiger partial charge in [-0.2, -0.15) is 0 Å². The zero-order valence-electron chi connectivity index (χ0n) is 7.03. The molecule has 12 heavy (non-hydrogen) atoms. The molecule has 0 saturated heterocycles. The molecule has 2 nitrogen and oxygen atoms in total. The topological polar surface area (TPSA) is 22.1 Å². The molecule has 0 aromatic carbocycles. The van der Waals surface area contributed by atoms with Gasteiger partial charge < -0.3 is 4.74 Å². The number of hydrogen-bond acceptors (Lipinski definition) is 2. The van der Waals surface area contributed by atoms with Gasteiger partial charge in [-0.05, 0) is 18.6 Å². The summed E-state index contributed by atoms with van der Waals surface area (Å²) in [4.78, 5) is 4.06. The van der Waals surface area contributed by atoms with E-state index in [0.717, 1.165) is 12.2 Å². The average molecular weight is 161 g/mol. The Morgan fingerprint density at radius 3 is 3.08 bits per heavy atom. The monoisotopic (exact) mass is 161 g/mol. The molecule has 0 N–H and O–H groups in total. The van der Waals surface area contributed by atoms with E-state index in [1.807, 2.05) is 18.3 Å². The number of nitrogens with zero attached hydrogens (tertiary/aromatic N) is 1. The molecule has 1 aromatic heterocycles. The van der Waals surface area contributed by atoms with Crippen LogP contribution in [0.2, 0.25) is 0 Å². The van der Waals surface area contributed by atoms with E-state index in [4.69, 9.17) is 4.74 Å². The fraction of sp³-hybridized carbons (Fsp3) is 0.300. The van der Waals surface area contributed by atoms with Gasteiger partial charge in [0.1, 0.15) is 6.10 Å². The predicted molar refractivity (Wildman–Crippen MR) is 46.7 cm³/mol. The maximum absolute atomic E-state index is 5.52. The van der Waals surface area contributed by atoms with Crippen molar-refractivity contribution in [2.45, 2.75) is 13.0 Å². The first-order chi connectivity index (χ1) is 5.88. The second-order valence-electron chi connectivity index (χ2n) is 2.95. The van der Waals surface area contributed by atoms with Crippen LogP contribution in [-0.2, 0) is 4.74 Å². The van der Waals surface area contributed by atoms with Crippen molar-refractivity contribution < 1.29 is 4.74 Å².